The van der Waals surface area contributed by atoms with Crippen LogP contribution in [0.4, 0.5) is 0 Å². The Morgan fingerprint density at radius 1 is 0.590 bits per heavy atom. The van der Waals surface area contributed by atoms with Gasteiger partial charge in [0.1, 0.15) is 25.6 Å². The molecule has 2 aromatic rings. The second-order valence-corrected chi connectivity index (χ2v) is 9.28. The highest BCUT2D eigenvalue weighted by Crippen LogP contribution is 2.30. The standard InChI is InChI=1S/C30H46O9/c1-24(21-27-6-7-28(25(2)22-27)37-18-15-34-12-9-31)3-4-26-5-8-29(38-19-16-35-13-10-32)30(23-26)39-20-17-36-14-11-33/h5-8,22-24,31-33H,3-4,9-21H2,1-2H3. The van der Waals surface area contributed by atoms with Crippen molar-refractivity contribution in [2.75, 3.05) is 79.3 Å². The van der Waals surface area contributed by atoms with Crippen LogP contribution in [0.2, 0.25) is 0 Å². The first-order chi connectivity index (χ1) is 19.1. The van der Waals surface area contributed by atoms with E-state index in [1.54, 1.807) is 0 Å². The van der Waals surface area contributed by atoms with Crippen LogP contribution in [0.15, 0.2) is 36.4 Å². The molecule has 0 bridgehead atoms. The number of aliphatic hydroxyl groups is 3. The van der Waals surface area contributed by atoms with Gasteiger partial charge in [0.25, 0.3) is 0 Å². The van der Waals surface area contributed by atoms with E-state index >= 15 is 0 Å². The van der Waals surface area contributed by atoms with Gasteiger partial charge < -0.3 is 43.7 Å². The van der Waals surface area contributed by atoms with E-state index in [4.69, 9.17) is 43.7 Å². The monoisotopic (exact) mass is 550 g/mol. The van der Waals surface area contributed by atoms with Crippen molar-refractivity contribution < 1.29 is 43.7 Å². The smallest absolute Gasteiger partial charge is 0.161 e. The molecular formula is C30H46O9. The van der Waals surface area contributed by atoms with Gasteiger partial charge in [-0.15, -0.1) is 0 Å². The van der Waals surface area contributed by atoms with E-state index in [-0.39, 0.29) is 33.0 Å². The van der Waals surface area contributed by atoms with Crippen LogP contribution in [-0.4, -0.2) is 94.6 Å². The summed E-state index contributed by atoms with van der Waals surface area (Å²) in [5, 5.41) is 26.5. The molecule has 0 fully saturated rings. The quantitative estimate of drug-likeness (QED) is 0.180. The topological polar surface area (TPSA) is 116 Å². The number of rotatable bonds is 23. The van der Waals surface area contributed by atoms with Gasteiger partial charge in [-0.3, -0.25) is 0 Å². The van der Waals surface area contributed by atoms with Crippen LogP contribution >= 0.6 is 0 Å². The van der Waals surface area contributed by atoms with E-state index in [9.17, 15) is 0 Å². The molecule has 9 nitrogen and oxygen atoms in total. The average Bonchev–Trinajstić information content (AvgIpc) is 2.93. The van der Waals surface area contributed by atoms with E-state index in [0.29, 0.717) is 63.7 Å². The Morgan fingerprint density at radius 2 is 1.10 bits per heavy atom. The molecule has 39 heavy (non-hydrogen) atoms. The fourth-order valence-electron chi connectivity index (χ4n) is 3.99. The number of hydrogen-bond donors (Lipinski definition) is 3. The van der Waals surface area contributed by atoms with E-state index in [1.807, 2.05) is 18.2 Å². The summed E-state index contributed by atoms with van der Waals surface area (Å²) in [7, 11) is 0. The number of aryl methyl sites for hydroxylation is 2. The number of hydrogen-bond acceptors (Lipinski definition) is 9. The normalized spacial score (nSPS) is 11.9. The van der Waals surface area contributed by atoms with E-state index in [1.165, 1.54) is 11.1 Å². The highest BCUT2D eigenvalue weighted by molar-refractivity contribution is 5.43. The summed E-state index contributed by atoms with van der Waals surface area (Å²) in [6.45, 7) is 7.56. The molecule has 0 aliphatic carbocycles. The summed E-state index contributed by atoms with van der Waals surface area (Å²) in [5.74, 6) is 2.64. The van der Waals surface area contributed by atoms with Crippen molar-refractivity contribution in [1.29, 1.82) is 0 Å². The van der Waals surface area contributed by atoms with Gasteiger partial charge in [-0.05, 0) is 67.0 Å². The Balaban J connectivity index is 1.87. The van der Waals surface area contributed by atoms with E-state index < -0.39 is 0 Å². The first-order valence-electron chi connectivity index (χ1n) is 13.7. The van der Waals surface area contributed by atoms with E-state index in [0.717, 1.165) is 30.6 Å². The third-order valence-corrected chi connectivity index (χ3v) is 5.92. The van der Waals surface area contributed by atoms with Crippen molar-refractivity contribution in [3.05, 3.63) is 53.1 Å². The third-order valence-electron chi connectivity index (χ3n) is 5.92. The SMILES string of the molecule is Cc1cc(CC(C)CCc2ccc(OCCOCCO)c(OCCOCCO)c2)ccc1OCCOCCO. The van der Waals surface area contributed by atoms with Crippen LogP contribution in [0.3, 0.4) is 0 Å². The molecule has 220 valence electrons. The molecule has 2 rings (SSSR count). The molecule has 1 atom stereocenters. The summed E-state index contributed by atoms with van der Waals surface area (Å²) >= 11 is 0. The summed E-state index contributed by atoms with van der Waals surface area (Å²) in [6.07, 6.45) is 2.90. The molecule has 2 aromatic carbocycles. The van der Waals surface area contributed by atoms with Crippen LogP contribution in [0.25, 0.3) is 0 Å². The zero-order chi connectivity index (χ0) is 28.1. The molecule has 0 heterocycles. The average molecular weight is 551 g/mol. The van der Waals surface area contributed by atoms with Crippen LogP contribution in [-0.2, 0) is 27.1 Å². The number of ether oxygens (including phenoxy) is 6. The summed E-state index contributed by atoms with van der Waals surface area (Å²) in [6, 6.07) is 12.3. The molecule has 0 aliphatic rings. The Bertz CT molecular complexity index is 906. The lowest BCUT2D eigenvalue weighted by Crippen LogP contribution is -2.12. The zero-order valence-electron chi connectivity index (χ0n) is 23.4. The molecule has 9 heteroatoms. The summed E-state index contributed by atoms with van der Waals surface area (Å²) in [5.41, 5.74) is 3.55. The second-order valence-electron chi connectivity index (χ2n) is 9.28. The molecule has 0 amide bonds. The van der Waals surface area contributed by atoms with Gasteiger partial charge in [-0.2, -0.15) is 0 Å². The lowest BCUT2D eigenvalue weighted by molar-refractivity contribution is 0.0644. The zero-order valence-corrected chi connectivity index (χ0v) is 23.4. The maximum absolute atomic E-state index is 8.87. The molecule has 0 aliphatic heterocycles. The van der Waals surface area contributed by atoms with Crippen LogP contribution in [0.1, 0.15) is 30.0 Å². The molecule has 0 aromatic heterocycles. The van der Waals surface area contributed by atoms with Gasteiger partial charge in [-0.1, -0.05) is 25.1 Å². The van der Waals surface area contributed by atoms with Crippen molar-refractivity contribution in [2.45, 2.75) is 33.1 Å². The van der Waals surface area contributed by atoms with Gasteiger partial charge in [0, 0.05) is 0 Å². The van der Waals surface area contributed by atoms with Crippen molar-refractivity contribution in [1.82, 2.24) is 0 Å². The fourth-order valence-corrected chi connectivity index (χ4v) is 3.99. The van der Waals surface area contributed by atoms with Gasteiger partial charge in [0.15, 0.2) is 11.5 Å². The minimum atomic E-state index is -0.0189. The van der Waals surface area contributed by atoms with Crippen LogP contribution < -0.4 is 14.2 Å². The first kappa shape index (κ1) is 32.8. The van der Waals surface area contributed by atoms with Crippen molar-refractivity contribution in [3.63, 3.8) is 0 Å². The van der Waals surface area contributed by atoms with E-state index in [2.05, 4.69) is 32.0 Å². The van der Waals surface area contributed by atoms with Crippen LogP contribution in [0, 0.1) is 12.8 Å². The Labute approximate surface area is 232 Å². The van der Waals surface area contributed by atoms with Gasteiger partial charge >= 0.3 is 0 Å². The number of aliphatic hydroxyl groups excluding tert-OH is 3. The molecule has 3 N–H and O–H groups in total. The Hall–Kier alpha value is -2.40. The maximum Gasteiger partial charge on any atom is 0.161 e. The largest absolute Gasteiger partial charge is 0.491 e. The van der Waals surface area contributed by atoms with Crippen LogP contribution in [0.5, 0.6) is 17.2 Å². The highest BCUT2D eigenvalue weighted by Gasteiger charge is 2.11. The minimum Gasteiger partial charge on any atom is -0.491 e. The van der Waals surface area contributed by atoms with Crippen molar-refractivity contribution >= 4 is 0 Å². The second kappa shape index (κ2) is 20.5. The molecule has 0 spiro atoms. The maximum atomic E-state index is 8.87. The summed E-state index contributed by atoms with van der Waals surface area (Å²) in [4.78, 5) is 0. The predicted octanol–water partition coefficient (Wildman–Crippen LogP) is 2.97. The minimum absolute atomic E-state index is 0.0166. The molecule has 0 radical (unpaired) electrons. The molecule has 1 unspecified atom stereocenters. The summed E-state index contributed by atoms with van der Waals surface area (Å²) < 4.78 is 33.4. The predicted molar refractivity (Wildman–Crippen MR) is 149 cm³/mol. The molecule has 0 saturated carbocycles. The molecular weight excluding hydrogens is 504 g/mol. The lowest BCUT2D eigenvalue weighted by atomic mass is 9.93. The number of benzene rings is 2. The van der Waals surface area contributed by atoms with Gasteiger partial charge in [0.05, 0.1) is 59.5 Å². The Kier molecular flexibility index (Phi) is 17.2. The van der Waals surface area contributed by atoms with Crippen molar-refractivity contribution in [2.24, 2.45) is 5.92 Å². The lowest BCUT2D eigenvalue weighted by Gasteiger charge is -2.16. The van der Waals surface area contributed by atoms with Gasteiger partial charge in [0.2, 0.25) is 0 Å². The van der Waals surface area contributed by atoms with Crippen molar-refractivity contribution in [3.8, 4) is 17.2 Å². The first-order valence-corrected chi connectivity index (χ1v) is 13.7. The fraction of sp³-hybridized carbons (Fsp3) is 0.600. The molecule has 0 saturated heterocycles. The van der Waals surface area contributed by atoms with Gasteiger partial charge in [-0.25, -0.2) is 0 Å². The Morgan fingerprint density at radius 3 is 1.67 bits per heavy atom. The third kappa shape index (κ3) is 14.0. The highest BCUT2D eigenvalue weighted by atomic mass is 16.6.